The fraction of sp³-hybridized carbons (Fsp3) is 0.571. The molecule has 1 aromatic heterocycles. The largest absolute Gasteiger partial charge is 0.470 e. The number of halogens is 1. The SMILES string of the molecule is CC(C)(C)CC(=O)N1CC(Oc2ncccc2Br)C1. The minimum absolute atomic E-state index is 0.0348. The summed E-state index contributed by atoms with van der Waals surface area (Å²) >= 11 is 3.39. The molecule has 4 nitrogen and oxygen atoms in total. The van der Waals surface area contributed by atoms with E-state index in [-0.39, 0.29) is 17.4 Å². The third-order valence-electron chi connectivity index (χ3n) is 2.89. The lowest BCUT2D eigenvalue weighted by Crippen LogP contribution is -2.56. The summed E-state index contributed by atoms with van der Waals surface area (Å²) in [5, 5.41) is 0. The van der Waals surface area contributed by atoms with E-state index in [2.05, 4.69) is 41.7 Å². The second-order valence-corrected chi connectivity index (χ2v) is 6.92. The summed E-state index contributed by atoms with van der Waals surface area (Å²) in [4.78, 5) is 17.9. The fourth-order valence-electron chi connectivity index (χ4n) is 1.90. The Balaban J connectivity index is 1.81. The number of rotatable bonds is 3. The molecule has 0 saturated carbocycles. The van der Waals surface area contributed by atoms with Crippen molar-refractivity contribution >= 4 is 21.8 Å². The van der Waals surface area contributed by atoms with Crippen LogP contribution >= 0.6 is 15.9 Å². The van der Waals surface area contributed by atoms with E-state index in [0.29, 0.717) is 25.4 Å². The lowest BCUT2D eigenvalue weighted by molar-refractivity contribution is -0.142. The highest BCUT2D eigenvalue weighted by Gasteiger charge is 2.34. The summed E-state index contributed by atoms with van der Waals surface area (Å²) < 4.78 is 6.58. The average Bonchev–Trinajstić information content (AvgIpc) is 2.22. The number of amides is 1. The topological polar surface area (TPSA) is 42.4 Å². The highest BCUT2D eigenvalue weighted by molar-refractivity contribution is 9.10. The Labute approximate surface area is 122 Å². The Hall–Kier alpha value is -1.10. The minimum atomic E-state index is 0.0348. The van der Waals surface area contributed by atoms with Gasteiger partial charge in [0.2, 0.25) is 11.8 Å². The van der Waals surface area contributed by atoms with Gasteiger partial charge in [-0.25, -0.2) is 4.98 Å². The molecular formula is C14H19BrN2O2. The second kappa shape index (κ2) is 5.49. The molecule has 0 N–H and O–H groups in total. The van der Waals surface area contributed by atoms with E-state index in [0.717, 1.165) is 4.47 Å². The van der Waals surface area contributed by atoms with Crippen LogP contribution in [0.1, 0.15) is 27.2 Å². The quantitative estimate of drug-likeness (QED) is 0.857. The predicted octanol–water partition coefficient (Wildman–Crippen LogP) is 2.87. The number of nitrogens with zero attached hydrogens (tertiary/aromatic N) is 2. The fourth-order valence-corrected chi connectivity index (χ4v) is 2.25. The molecule has 0 bridgehead atoms. The van der Waals surface area contributed by atoms with E-state index in [1.54, 1.807) is 6.20 Å². The number of likely N-dealkylation sites (tertiary alicyclic amines) is 1. The van der Waals surface area contributed by atoms with Crippen molar-refractivity contribution in [3.63, 3.8) is 0 Å². The molecule has 19 heavy (non-hydrogen) atoms. The van der Waals surface area contributed by atoms with E-state index < -0.39 is 0 Å². The molecule has 1 saturated heterocycles. The Kier molecular flexibility index (Phi) is 4.13. The van der Waals surface area contributed by atoms with Crippen molar-refractivity contribution < 1.29 is 9.53 Å². The van der Waals surface area contributed by atoms with Gasteiger partial charge in [0.15, 0.2) is 0 Å². The third kappa shape index (κ3) is 3.93. The number of hydrogen-bond acceptors (Lipinski definition) is 3. The zero-order valence-corrected chi connectivity index (χ0v) is 13.1. The van der Waals surface area contributed by atoms with Crippen molar-refractivity contribution in [3.8, 4) is 5.88 Å². The van der Waals surface area contributed by atoms with Crippen molar-refractivity contribution in [1.29, 1.82) is 0 Å². The normalized spacial score (nSPS) is 16.1. The molecule has 0 aliphatic carbocycles. The number of ether oxygens (including phenoxy) is 1. The van der Waals surface area contributed by atoms with Crippen LogP contribution in [0, 0.1) is 5.41 Å². The van der Waals surface area contributed by atoms with Crippen LogP contribution in [0.2, 0.25) is 0 Å². The van der Waals surface area contributed by atoms with Gasteiger partial charge in [-0.1, -0.05) is 20.8 Å². The zero-order chi connectivity index (χ0) is 14.0. The van der Waals surface area contributed by atoms with Gasteiger partial charge < -0.3 is 9.64 Å². The highest BCUT2D eigenvalue weighted by Crippen LogP contribution is 2.26. The first-order valence-corrected chi connectivity index (χ1v) is 7.19. The molecule has 0 atom stereocenters. The second-order valence-electron chi connectivity index (χ2n) is 6.07. The third-order valence-corrected chi connectivity index (χ3v) is 3.49. The van der Waals surface area contributed by atoms with Gasteiger partial charge in [0.05, 0.1) is 17.6 Å². The maximum absolute atomic E-state index is 12.0. The lowest BCUT2D eigenvalue weighted by atomic mass is 9.91. The van der Waals surface area contributed by atoms with E-state index in [1.807, 2.05) is 17.0 Å². The number of aromatic nitrogens is 1. The highest BCUT2D eigenvalue weighted by atomic mass is 79.9. The molecule has 1 fully saturated rings. The van der Waals surface area contributed by atoms with Crippen LogP contribution in [0.4, 0.5) is 0 Å². The summed E-state index contributed by atoms with van der Waals surface area (Å²) in [7, 11) is 0. The van der Waals surface area contributed by atoms with Gasteiger partial charge in [0, 0.05) is 12.6 Å². The Morgan fingerprint density at radius 3 is 2.79 bits per heavy atom. The van der Waals surface area contributed by atoms with Crippen LogP contribution in [0.5, 0.6) is 5.88 Å². The Morgan fingerprint density at radius 1 is 1.53 bits per heavy atom. The number of pyridine rings is 1. The molecule has 1 aliphatic heterocycles. The molecule has 0 spiro atoms. The van der Waals surface area contributed by atoms with E-state index >= 15 is 0 Å². The van der Waals surface area contributed by atoms with Gasteiger partial charge in [0.25, 0.3) is 0 Å². The molecular weight excluding hydrogens is 308 g/mol. The number of hydrogen-bond donors (Lipinski definition) is 0. The summed E-state index contributed by atoms with van der Waals surface area (Å²) in [5.74, 6) is 0.794. The van der Waals surface area contributed by atoms with Gasteiger partial charge in [-0.05, 0) is 33.5 Å². The van der Waals surface area contributed by atoms with Crippen LogP contribution < -0.4 is 4.74 Å². The zero-order valence-electron chi connectivity index (χ0n) is 11.5. The van der Waals surface area contributed by atoms with Crippen LogP contribution in [-0.2, 0) is 4.79 Å². The van der Waals surface area contributed by atoms with Crippen LogP contribution in [-0.4, -0.2) is 35.0 Å². The maximum Gasteiger partial charge on any atom is 0.228 e. The molecule has 0 aromatic carbocycles. The van der Waals surface area contributed by atoms with E-state index in [4.69, 9.17) is 4.74 Å². The van der Waals surface area contributed by atoms with Crippen molar-refractivity contribution in [3.05, 3.63) is 22.8 Å². The smallest absolute Gasteiger partial charge is 0.228 e. The van der Waals surface area contributed by atoms with E-state index in [1.165, 1.54) is 0 Å². The van der Waals surface area contributed by atoms with Crippen LogP contribution in [0.25, 0.3) is 0 Å². The van der Waals surface area contributed by atoms with Gasteiger partial charge in [0.1, 0.15) is 6.10 Å². The monoisotopic (exact) mass is 326 g/mol. The summed E-state index contributed by atoms with van der Waals surface area (Å²) in [6.45, 7) is 7.52. The van der Waals surface area contributed by atoms with Gasteiger partial charge in [-0.2, -0.15) is 0 Å². The average molecular weight is 327 g/mol. The van der Waals surface area contributed by atoms with Gasteiger partial charge in [-0.3, -0.25) is 4.79 Å². The summed E-state index contributed by atoms with van der Waals surface area (Å²) in [6.07, 6.45) is 2.32. The van der Waals surface area contributed by atoms with Crippen molar-refractivity contribution in [2.45, 2.75) is 33.3 Å². The van der Waals surface area contributed by atoms with E-state index in [9.17, 15) is 4.79 Å². The first kappa shape index (κ1) is 14.3. The Morgan fingerprint density at radius 2 is 2.21 bits per heavy atom. The van der Waals surface area contributed by atoms with Crippen LogP contribution in [0.3, 0.4) is 0 Å². The van der Waals surface area contributed by atoms with Gasteiger partial charge >= 0.3 is 0 Å². The van der Waals surface area contributed by atoms with Crippen molar-refractivity contribution in [2.75, 3.05) is 13.1 Å². The molecule has 104 valence electrons. The molecule has 1 amide bonds. The minimum Gasteiger partial charge on any atom is -0.470 e. The van der Waals surface area contributed by atoms with Crippen molar-refractivity contribution in [1.82, 2.24) is 9.88 Å². The number of carbonyl (C=O) groups is 1. The summed E-state index contributed by atoms with van der Waals surface area (Å²) in [5.41, 5.74) is 0.0348. The standard InChI is InChI=1S/C14H19BrN2O2/c1-14(2,3)7-12(18)17-8-10(9-17)19-13-11(15)5-4-6-16-13/h4-6,10H,7-9H2,1-3H3. The molecule has 1 aliphatic rings. The first-order valence-electron chi connectivity index (χ1n) is 6.40. The number of carbonyl (C=O) groups excluding carboxylic acids is 1. The summed E-state index contributed by atoms with van der Waals surface area (Å²) in [6, 6.07) is 3.74. The lowest BCUT2D eigenvalue weighted by Gasteiger charge is -2.39. The molecule has 1 aromatic rings. The van der Waals surface area contributed by atoms with Crippen molar-refractivity contribution in [2.24, 2.45) is 5.41 Å². The molecule has 2 rings (SSSR count). The predicted molar refractivity (Wildman–Crippen MR) is 77.0 cm³/mol. The molecule has 2 heterocycles. The molecule has 0 unspecified atom stereocenters. The van der Waals surface area contributed by atoms with Crippen LogP contribution in [0.15, 0.2) is 22.8 Å². The van der Waals surface area contributed by atoms with Gasteiger partial charge in [-0.15, -0.1) is 0 Å². The maximum atomic E-state index is 12.0. The molecule has 5 heteroatoms. The first-order chi connectivity index (χ1) is 8.85. The molecule has 0 radical (unpaired) electrons. The Bertz CT molecular complexity index is 465.